The molecule has 1 aliphatic heterocycles. The highest BCUT2D eigenvalue weighted by Crippen LogP contribution is 2.06. The van der Waals surface area contributed by atoms with Gasteiger partial charge in [0.05, 0.1) is 0 Å². The lowest BCUT2D eigenvalue weighted by atomic mass is 10.4. The lowest BCUT2D eigenvalue weighted by Crippen LogP contribution is -2.32. The number of nitrogens with one attached hydrogen (secondary N) is 1. The molecule has 0 aromatic rings. The number of likely N-dealkylation sites (tertiary alicyclic amines) is 1. The van der Waals surface area contributed by atoms with Gasteiger partial charge in [-0.25, -0.2) is 9.63 Å². The smallest absolute Gasteiger partial charge is 0.324 e. The summed E-state index contributed by atoms with van der Waals surface area (Å²) >= 11 is 5.09. The van der Waals surface area contributed by atoms with E-state index in [-0.39, 0.29) is 6.03 Å². The number of carbonyl (C=O) groups excluding carboxylic acids is 1. The fourth-order valence-corrected chi connectivity index (χ4v) is 1.10. The minimum absolute atomic E-state index is 0.172. The van der Waals surface area contributed by atoms with Crippen LogP contribution in [-0.4, -0.2) is 24.0 Å². The van der Waals surface area contributed by atoms with Crippen molar-refractivity contribution in [2.24, 2.45) is 0 Å². The molecule has 9 heavy (non-hydrogen) atoms. The van der Waals surface area contributed by atoms with E-state index in [1.807, 2.05) is 0 Å². The third-order valence-electron chi connectivity index (χ3n) is 1.47. The van der Waals surface area contributed by atoms with Gasteiger partial charge in [0.25, 0.3) is 0 Å². The van der Waals surface area contributed by atoms with E-state index in [0.29, 0.717) is 0 Å². The zero-order valence-corrected chi connectivity index (χ0v) is 5.82. The highest BCUT2D eigenvalue weighted by Gasteiger charge is 2.15. The minimum Gasteiger partial charge on any atom is -0.324 e. The molecule has 0 atom stereocenters. The second kappa shape index (κ2) is 2.92. The third kappa shape index (κ3) is 1.48. The Hall–Kier alpha value is -0.440. The Kier molecular flexibility index (Phi) is 2.16. The summed E-state index contributed by atoms with van der Waals surface area (Å²) in [6, 6.07) is -0.172. The lowest BCUT2D eigenvalue weighted by Gasteiger charge is -2.11. The van der Waals surface area contributed by atoms with E-state index in [2.05, 4.69) is 4.84 Å². The highest BCUT2D eigenvalue weighted by molar-refractivity contribution is 6.21. The van der Waals surface area contributed by atoms with Crippen molar-refractivity contribution in [3.05, 3.63) is 0 Å². The van der Waals surface area contributed by atoms with Gasteiger partial charge in [-0.05, 0) is 12.8 Å². The maximum Gasteiger partial charge on any atom is 0.331 e. The van der Waals surface area contributed by atoms with E-state index < -0.39 is 0 Å². The first-order valence-corrected chi connectivity index (χ1v) is 3.38. The van der Waals surface area contributed by atoms with Gasteiger partial charge in [-0.2, -0.15) is 0 Å². The average Bonchev–Trinajstić information content (AvgIpc) is 2.37. The van der Waals surface area contributed by atoms with Crippen molar-refractivity contribution in [3.63, 3.8) is 0 Å². The van der Waals surface area contributed by atoms with Gasteiger partial charge >= 0.3 is 6.03 Å². The average molecular weight is 149 g/mol. The molecule has 1 aliphatic rings. The lowest BCUT2D eigenvalue weighted by molar-refractivity contribution is 0.215. The van der Waals surface area contributed by atoms with Crippen molar-refractivity contribution in [2.45, 2.75) is 12.8 Å². The summed E-state index contributed by atoms with van der Waals surface area (Å²) in [5.41, 5.74) is 0. The zero-order chi connectivity index (χ0) is 6.69. The molecule has 52 valence electrons. The van der Waals surface area contributed by atoms with Crippen LogP contribution in [0.2, 0.25) is 0 Å². The molecule has 0 aromatic carbocycles. The molecule has 1 saturated heterocycles. The molecule has 0 saturated carbocycles. The largest absolute Gasteiger partial charge is 0.331 e. The summed E-state index contributed by atoms with van der Waals surface area (Å²) in [7, 11) is 0. The molecule has 1 heterocycles. The topological polar surface area (TPSA) is 32.3 Å². The molecular weight excluding hydrogens is 140 g/mol. The standard InChI is InChI=1S/C5H9ClN2O/c6-7-5(9)8-3-1-2-4-8/h1-4H2,(H,7,9). The maximum atomic E-state index is 10.7. The Labute approximate surface area is 59.1 Å². The number of amides is 2. The molecule has 3 nitrogen and oxygen atoms in total. The van der Waals surface area contributed by atoms with Crippen LogP contribution in [0.1, 0.15) is 12.8 Å². The molecule has 0 radical (unpaired) electrons. The van der Waals surface area contributed by atoms with Crippen LogP contribution in [0.4, 0.5) is 4.79 Å². The van der Waals surface area contributed by atoms with Crippen LogP contribution in [0.5, 0.6) is 0 Å². The Morgan fingerprint density at radius 2 is 2.00 bits per heavy atom. The molecule has 0 aliphatic carbocycles. The number of carbonyl (C=O) groups is 1. The van der Waals surface area contributed by atoms with Gasteiger partial charge in [0, 0.05) is 24.9 Å². The first-order valence-electron chi connectivity index (χ1n) is 3.00. The van der Waals surface area contributed by atoms with Crippen LogP contribution in [0, 0.1) is 0 Å². The zero-order valence-electron chi connectivity index (χ0n) is 5.06. The number of hydrogen-bond acceptors (Lipinski definition) is 1. The molecule has 1 fully saturated rings. The predicted molar refractivity (Wildman–Crippen MR) is 35.2 cm³/mol. The van der Waals surface area contributed by atoms with Gasteiger partial charge in [-0.15, -0.1) is 0 Å². The number of rotatable bonds is 0. The van der Waals surface area contributed by atoms with Crippen LogP contribution < -0.4 is 4.84 Å². The van der Waals surface area contributed by atoms with E-state index in [9.17, 15) is 4.79 Å². The molecular formula is C5H9ClN2O. The van der Waals surface area contributed by atoms with Crippen molar-refractivity contribution >= 4 is 17.8 Å². The molecule has 1 N–H and O–H groups in total. The SMILES string of the molecule is O=C(NCl)N1CCCC1. The Morgan fingerprint density at radius 1 is 1.44 bits per heavy atom. The van der Waals surface area contributed by atoms with E-state index >= 15 is 0 Å². The molecule has 2 amide bonds. The van der Waals surface area contributed by atoms with Gasteiger partial charge in [-0.1, -0.05) is 0 Å². The Balaban J connectivity index is 2.32. The first-order chi connectivity index (χ1) is 4.34. The predicted octanol–water partition coefficient (Wildman–Crippen LogP) is 0.946. The summed E-state index contributed by atoms with van der Waals surface area (Å²) in [6.45, 7) is 1.69. The van der Waals surface area contributed by atoms with Crippen molar-refractivity contribution in [2.75, 3.05) is 13.1 Å². The monoisotopic (exact) mass is 148 g/mol. The summed E-state index contributed by atoms with van der Waals surface area (Å²) in [5.74, 6) is 0. The van der Waals surface area contributed by atoms with E-state index in [0.717, 1.165) is 25.9 Å². The number of hydrogen-bond donors (Lipinski definition) is 1. The fraction of sp³-hybridized carbons (Fsp3) is 0.800. The van der Waals surface area contributed by atoms with Crippen LogP contribution in [-0.2, 0) is 0 Å². The third-order valence-corrected chi connectivity index (χ3v) is 1.64. The fourth-order valence-electron chi connectivity index (χ4n) is 0.980. The minimum atomic E-state index is -0.172. The summed E-state index contributed by atoms with van der Waals surface area (Å²) in [6.07, 6.45) is 2.20. The summed E-state index contributed by atoms with van der Waals surface area (Å²) in [5, 5.41) is 0. The Bertz CT molecular complexity index is 112. The summed E-state index contributed by atoms with van der Waals surface area (Å²) in [4.78, 5) is 14.5. The van der Waals surface area contributed by atoms with Gasteiger partial charge in [0.2, 0.25) is 0 Å². The molecule has 0 unspecified atom stereocenters. The van der Waals surface area contributed by atoms with E-state index in [4.69, 9.17) is 11.8 Å². The van der Waals surface area contributed by atoms with Crippen molar-refractivity contribution in [1.29, 1.82) is 0 Å². The maximum absolute atomic E-state index is 10.7. The molecule has 0 aromatic heterocycles. The van der Waals surface area contributed by atoms with Crippen molar-refractivity contribution in [1.82, 2.24) is 9.74 Å². The molecule has 1 rings (SSSR count). The molecule has 0 bridgehead atoms. The van der Waals surface area contributed by atoms with E-state index in [1.165, 1.54) is 0 Å². The van der Waals surface area contributed by atoms with Crippen molar-refractivity contribution < 1.29 is 4.79 Å². The van der Waals surface area contributed by atoms with Crippen LogP contribution in [0.3, 0.4) is 0 Å². The number of nitrogens with zero attached hydrogens (tertiary/aromatic N) is 1. The second-order valence-electron chi connectivity index (χ2n) is 2.09. The van der Waals surface area contributed by atoms with Crippen LogP contribution >= 0.6 is 11.8 Å². The van der Waals surface area contributed by atoms with Crippen LogP contribution in [0.25, 0.3) is 0 Å². The van der Waals surface area contributed by atoms with E-state index in [1.54, 1.807) is 4.90 Å². The van der Waals surface area contributed by atoms with Gasteiger partial charge in [-0.3, -0.25) is 0 Å². The van der Waals surface area contributed by atoms with Gasteiger partial charge < -0.3 is 4.90 Å². The van der Waals surface area contributed by atoms with Gasteiger partial charge in [0.1, 0.15) is 0 Å². The number of halogens is 1. The van der Waals surface area contributed by atoms with Gasteiger partial charge in [0.15, 0.2) is 0 Å². The van der Waals surface area contributed by atoms with Crippen molar-refractivity contribution in [3.8, 4) is 0 Å². The first kappa shape index (κ1) is 6.68. The Morgan fingerprint density at radius 3 is 2.44 bits per heavy atom. The number of urea groups is 1. The summed E-state index contributed by atoms with van der Waals surface area (Å²) < 4.78 is 0. The molecule has 4 heteroatoms. The quantitative estimate of drug-likeness (QED) is 0.510. The molecule has 0 spiro atoms. The normalized spacial score (nSPS) is 18.1. The van der Waals surface area contributed by atoms with Crippen LogP contribution in [0.15, 0.2) is 0 Å². The highest BCUT2D eigenvalue weighted by atomic mass is 35.5. The second-order valence-corrected chi connectivity index (χ2v) is 2.28.